The third kappa shape index (κ3) is 1.64. The Balaban J connectivity index is 2.26. The summed E-state index contributed by atoms with van der Waals surface area (Å²) < 4.78 is 26.0. The summed E-state index contributed by atoms with van der Waals surface area (Å²) in [5, 5.41) is 9.73. The molecular weight excluding hydrogens is 186 g/mol. The van der Waals surface area contributed by atoms with Crippen molar-refractivity contribution < 1.29 is 13.9 Å². The molecule has 2 rings (SSSR count). The highest BCUT2D eigenvalue weighted by Gasteiger charge is 2.40. The molecular formula is C11H12F2O. The largest absolute Gasteiger partial charge is 0.388 e. The molecule has 3 atom stereocenters. The van der Waals surface area contributed by atoms with Gasteiger partial charge in [-0.2, -0.15) is 0 Å². The first-order valence-corrected chi connectivity index (χ1v) is 4.72. The molecule has 1 saturated carbocycles. The van der Waals surface area contributed by atoms with Crippen LogP contribution in [0.5, 0.6) is 0 Å². The first-order valence-electron chi connectivity index (χ1n) is 4.72. The Kier molecular flexibility index (Phi) is 2.27. The van der Waals surface area contributed by atoms with Crippen LogP contribution in [0, 0.1) is 23.5 Å². The average molecular weight is 198 g/mol. The zero-order chi connectivity index (χ0) is 10.3. The Morgan fingerprint density at radius 3 is 2.64 bits per heavy atom. The van der Waals surface area contributed by atoms with Crippen molar-refractivity contribution >= 4 is 0 Å². The molecule has 0 aromatic heterocycles. The Labute approximate surface area is 81.4 Å². The quantitative estimate of drug-likeness (QED) is 0.774. The van der Waals surface area contributed by atoms with E-state index in [1.165, 1.54) is 0 Å². The molecule has 1 aromatic carbocycles. The van der Waals surface area contributed by atoms with E-state index < -0.39 is 17.7 Å². The molecule has 76 valence electrons. The van der Waals surface area contributed by atoms with E-state index in [0.29, 0.717) is 5.92 Å². The lowest BCUT2D eigenvalue weighted by molar-refractivity contribution is 0.143. The van der Waals surface area contributed by atoms with Gasteiger partial charge in [-0.1, -0.05) is 6.92 Å². The third-order valence-electron chi connectivity index (χ3n) is 2.85. The van der Waals surface area contributed by atoms with E-state index in [1.54, 1.807) is 0 Å². The average Bonchev–Trinajstić information content (AvgIpc) is 2.86. The smallest absolute Gasteiger partial charge is 0.129 e. The number of aliphatic hydroxyl groups is 1. The standard InChI is InChI=1S/C11H12F2O/c1-6-4-8(6)11(14)9-5-7(12)2-3-10(9)13/h2-3,5-6,8,11,14H,4H2,1H3. The minimum atomic E-state index is -0.860. The molecule has 0 amide bonds. The molecule has 1 aromatic rings. The minimum Gasteiger partial charge on any atom is -0.388 e. The van der Waals surface area contributed by atoms with Crippen LogP contribution < -0.4 is 0 Å². The van der Waals surface area contributed by atoms with Crippen LogP contribution in [0.3, 0.4) is 0 Å². The second-order valence-electron chi connectivity index (χ2n) is 3.99. The summed E-state index contributed by atoms with van der Waals surface area (Å²) in [6.07, 6.45) is 0.0256. The number of rotatable bonds is 2. The van der Waals surface area contributed by atoms with Crippen LogP contribution in [0.4, 0.5) is 8.78 Å². The van der Waals surface area contributed by atoms with Gasteiger partial charge in [0.2, 0.25) is 0 Å². The van der Waals surface area contributed by atoms with E-state index in [2.05, 4.69) is 0 Å². The molecule has 0 radical (unpaired) electrons. The SMILES string of the molecule is CC1CC1C(O)c1cc(F)ccc1F. The zero-order valence-corrected chi connectivity index (χ0v) is 7.87. The van der Waals surface area contributed by atoms with Gasteiger partial charge in [0.15, 0.2) is 0 Å². The van der Waals surface area contributed by atoms with Crippen molar-refractivity contribution in [3.8, 4) is 0 Å². The Hall–Kier alpha value is -0.960. The zero-order valence-electron chi connectivity index (χ0n) is 7.87. The number of hydrogen-bond donors (Lipinski definition) is 1. The summed E-state index contributed by atoms with van der Waals surface area (Å²) in [5.41, 5.74) is 0.0827. The fourth-order valence-corrected chi connectivity index (χ4v) is 1.76. The van der Waals surface area contributed by atoms with Crippen molar-refractivity contribution in [2.24, 2.45) is 11.8 Å². The molecule has 0 heterocycles. The van der Waals surface area contributed by atoms with Crippen LogP contribution in [0.15, 0.2) is 18.2 Å². The highest BCUT2D eigenvalue weighted by Crippen LogP contribution is 2.47. The van der Waals surface area contributed by atoms with Gasteiger partial charge in [-0.3, -0.25) is 0 Å². The predicted octanol–water partition coefficient (Wildman–Crippen LogP) is 2.65. The lowest BCUT2D eigenvalue weighted by atomic mass is 10.0. The normalized spacial score (nSPS) is 27.4. The van der Waals surface area contributed by atoms with Gasteiger partial charge >= 0.3 is 0 Å². The first-order chi connectivity index (χ1) is 6.59. The Bertz CT molecular complexity index is 351. The van der Waals surface area contributed by atoms with Crippen LogP contribution in [-0.2, 0) is 0 Å². The molecule has 1 N–H and O–H groups in total. The molecule has 0 spiro atoms. The number of halogens is 2. The van der Waals surface area contributed by atoms with E-state index in [0.717, 1.165) is 24.6 Å². The maximum atomic E-state index is 13.2. The van der Waals surface area contributed by atoms with Crippen molar-refractivity contribution in [1.29, 1.82) is 0 Å². The number of aliphatic hydroxyl groups excluding tert-OH is 1. The molecule has 0 saturated heterocycles. The highest BCUT2D eigenvalue weighted by molar-refractivity contribution is 5.23. The minimum absolute atomic E-state index is 0.0827. The lowest BCUT2D eigenvalue weighted by Gasteiger charge is -2.11. The first kappa shape index (κ1) is 9.59. The van der Waals surface area contributed by atoms with Gasteiger partial charge in [0.25, 0.3) is 0 Å². The fourth-order valence-electron chi connectivity index (χ4n) is 1.76. The second-order valence-corrected chi connectivity index (χ2v) is 3.99. The van der Waals surface area contributed by atoms with Gasteiger partial charge in [0, 0.05) is 5.56 Å². The third-order valence-corrected chi connectivity index (χ3v) is 2.85. The van der Waals surface area contributed by atoms with Crippen LogP contribution in [-0.4, -0.2) is 5.11 Å². The summed E-state index contributed by atoms with van der Waals surface area (Å²) in [5.74, 6) is -0.536. The van der Waals surface area contributed by atoms with Crippen molar-refractivity contribution in [3.63, 3.8) is 0 Å². The van der Waals surface area contributed by atoms with Crippen molar-refractivity contribution in [1.82, 2.24) is 0 Å². The van der Waals surface area contributed by atoms with E-state index in [9.17, 15) is 13.9 Å². The fraction of sp³-hybridized carbons (Fsp3) is 0.455. The van der Waals surface area contributed by atoms with Gasteiger partial charge in [-0.05, 0) is 36.5 Å². The van der Waals surface area contributed by atoms with Gasteiger partial charge in [0.05, 0.1) is 6.10 Å². The number of benzene rings is 1. The van der Waals surface area contributed by atoms with Gasteiger partial charge < -0.3 is 5.11 Å². The molecule has 14 heavy (non-hydrogen) atoms. The lowest BCUT2D eigenvalue weighted by Crippen LogP contribution is -2.04. The Morgan fingerprint density at radius 2 is 2.07 bits per heavy atom. The summed E-state index contributed by atoms with van der Waals surface area (Å²) in [6.45, 7) is 1.99. The summed E-state index contributed by atoms with van der Waals surface area (Å²) in [7, 11) is 0. The van der Waals surface area contributed by atoms with Crippen molar-refractivity contribution in [3.05, 3.63) is 35.4 Å². The summed E-state index contributed by atoms with van der Waals surface area (Å²) in [4.78, 5) is 0. The summed E-state index contributed by atoms with van der Waals surface area (Å²) in [6, 6.07) is 3.19. The van der Waals surface area contributed by atoms with Crippen LogP contribution >= 0.6 is 0 Å². The molecule has 1 aliphatic rings. The van der Waals surface area contributed by atoms with E-state index in [4.69, 9.17) is 0 Å². The topological polar surface area (TPSA) is 20.2 Å². The Morgan fingerprint density at radius 1 is 1.43 bits per heavy atom. The number of hydrogen-bond acceptors (Lipinski definition) is 1. The molecule has 0 aliphatic heterocycles. The second kappa shape index (κ2) is 3.31. The van der Waals surface area contributed by atoms with E-state index in [-0.39, 0.29) is 11.5 Å². The maximum absolute atomic E-state index is 13.2. The molecule has 3 heteroatoms. The molecule has 3 unspecified atom stereocenters. The monoisotopic (exact) mass is 198 g/mol. The highest BCUT2D eigenvalue weighted by atomic mass is 19.1. The van der Waals surface area contributed by atoms with Crippen molar-refractivity contribution in [2.75, 3.05) is 0 Å². The molecule has 1 aliphatic carbocycles. The van der Waals surface area contributed by atoms with Gasteiger partial charge in [-0.15, -0.1) is 0 Å². The molecule has 1 fully saturated rings. The summed E-state index contributed by atoms with van der Waals surface area (Å²) >= 11 is 0. The van der Waals surface area contributed by atoms with Crippen molar-refractivity contribution in [2.45, 2.75) is 19.4 Å². The van der Waals surface area contributed by atoms with E-state index >= 15 is 0 Å². The van der Waals surface area contributed by atoms with Crippen LogP contribution in [0.2, 0.25) is 0 Å². The van der Waals surface area contributed by atoms with Gasteiger partial charge in [0.1, 0.15) is 11.6 Å². The maximum Gasteiger partial charge on any atom is 0.129 e. The predicted molar refractivity (Wildman–Crippen MR) is 48.6 cm³/mol. The van der Waals surface area contributed by atoms with Gasteiger partial charge in [-0.25, -0.2) is 8.78 Å². The molecule has 1 nitrogen and oxygen atoms in total. The van der Waals surface area contributed by atoms with E-state index in [1.807, 2.05) is 6.92 Å². The molecule has 0 bridgehead atoms. The van der Waals surface area contributed by atoms with Crippen LogP contribution in [0.25, 0.3) is 0 Å². The van der Waals surface area contributed by atoms with Crippen LogP contribution in [0.1, 0.15) is 25.0 Å².